The zero-order chi connectivity index (χ0) is 21.7. The number of hydrogen-bond donors (Lipinski definition) is 0. The lowest BCUT2D eigenvalue weighted by molar-refractivity contribution is -0.148. The second-order valence-electron chi connectivity index (χ2n) is 9.10. The van der Waals surface area contributed by atoms with E-state index in [2.05, 4.69) is 11.1 Å². The second-order valence-corrected chi connectivity index (χ2v) is 9.10. The molecule has 3 aliphatic heterocycles. The van der Waals surface area contributed by atoms with Crippen molar-refractivity contribution < 1.29 is 23.5 Å². The van der Waals surface area contributed by atoms with E-state index >= 15 is 4.39 Å². The molecule has 2 amide bonds. The van der Waals surface area contributed by atoms with Crippen molar-refractivity contribution in [1.82, 2.24) is 14.8 Å². The molecule has 30 heavy (non-hydrogen) atoms. The first-order valence-electron chi connectivity index (χ1n) is 10.1. The number of rotatable bonds is 1. The number of piperidine rings is 1. The number of alkyl halides is 1. The van der Waals surface area contributed by atoms with Crippen molar-refractivity contribution in [3.63, 3.8) is 0 Å². The van der Waals surface area contributed by atoms with Crippen LogP contribution < -0.4 is 4.74 Å². The summed E-state index contributed by atoms with van der Waals surface area (Å²) in [6.45, 7) is 5.82. The van der Waals surface area contributed by atoms with Crippen molar-refractivity contribution in [2.45, 2.75) is 63.4 Å². The van der Waals surface area contributed by atoms with Gasteiger partial charge in [-0.2, -0.15) is 5.26 Å². The van der Waals surface area contributed by atoms with Crippen molar-refractivity contribution >= 4 is 12.0 Å². The van der Waals surface area contributed by atoms with E-state index < -0.39 is 23.3 Å². The average molecular weight is 416 g/mol. The van der Waals surface area contributed by atoms with Gasteiger partial charge in [0.05, 0.1) is 12.6 Å². The van der Waals surface area contributed by atoms with E-state index in [-0.39, 0.29) is 44.6 Å². The van der Waals surface area contributed by atoms with Gasteiger partial charge >= 0.3 is 6.09 Å². The summed E-state index contributed by atoms with van der Waals surface area (Å²) in [7, 11) is 0. The van der Waals surface area contributed by atoms with Crippen LogP contribution in [-0.4, -0.2) is 63.8 Å². The summed E-state index contributed by atoms with van der Waals surface area (Å²) in [6, 6.07) is 1.70. The number of hydrogen-bond acceptors (Lipinski definition) is 6. The SMILES string of the molecule is CC(C)(C)OC(=O)N1CCC(F)(C(=O)N2C[C@@H]3C[C@H]2c2cncc(C#N)c2O3)CC1. The third kappa shape index (κ3) is 3.55. The highest BCUT2D eigenvalue weighted by molar-refractivity contribution is 5.86. The normalized spacial score (nSPS) is 24.5. The Bertz CT molecular complexity index is 915. The Labute approximate surface area is 174 Å². The molecular formula is C21H25FN4O4. The van der Waals surface area contributed by atoms with Gasteiger partial charge in [-0.25, -0.2) is 9.18 Å². The van der Waals surface area contributed by atoms with Crippen molar-refractivity contribution in [3.8, 4) is 11.8 Å². The highest BCUT2D eigenvalue weighted by Crippen LogP contribution is 2.46. The second kappa shape index (κ2) is 7.11. The fraction of sp³-hybridized carbons (Fsp3) is 0.619. The van der Waals surface area contributed by atoms with Crippen LogP contribution in [0.3, 0.4) is 0 Å². The molecule has 9 heteroatoms. The van der Waals surface area contributed by atoms with Crippen molar-refractivity contribution in [1.29, 1.82) is 5.26 Å². The van der Waals surface area contributed by atoms with Crippen molar-refractivity contribution in [2.24, 2.45) is 0 Å². The lowest BCUT2D eigenvalue weighted by atomic mass is 9.91. The molecule has 4 heterocycles. The van der Waals surface area contributed by atoms with Crippen LogP contribution in [0, 0.1) is 11.3 Å². The first-order valence-corrected chi connectivity index (χ1v) is 10.1. The van der Waals surface area contributed by atoms with Gasteiger partial charge in [-0.15, -0.1) is 0 Å². The number of aromatic nitrogens is 1. The topological polar surface area (TPSA) is 95.8 Å². The molecule has 2 bridgehead atoms. The van der Waals surface area contributed by atoms with Crippen LogP contribution >= 0.6 is 0 Å². The summed E-state index contributed by atoms with van der Waals surface area (Å²) in [5, 5.41) is 9.29. The van der Waals surface area contributed by atoms with Gasteiger partial charge in [-0.05, 0) is 20.8 Å². The summed E-state index contributed by atoms with van der Waals surface area (Å²) in [5.41, 5.74) is -1.72. The largest absolute Gasteiger partial charge is 0.487 e. The summed E-state index contributed by atoms with van der Waals surface area (Å²) in [6.07, 6.45) is 2.64. The minimum atomic E-state index is -2.05. The van der Waals surface area contributed by atoms with Crippen LogP contribution in [0.1, 0.15) is 57.2 Å². The third-order valence-corrected chi connectivity index (χ3v) is 5.80. The first kappa shape index (κ1) is 20.4. The van der Waals surface area contributed by atoms with Crippen LogP contribution in [0.2, 0.25) is 0 Å². The molecule has 4 rings (SSSR count). The smallest absolute Gasteiger partial charge is 0.410 e. The van der Waals surface area contributed by atoms with Crippen LogP contribution in [-0.2, 0) is 9.53 Å². The summed E-state index contributed by atoms with van der Waals surface area (Å²) in [4.78, 5) is 32.5. The summed E-state index contributed by atoms with van der Waals surface area (Å²) >= 11 is 0. The van der Waals surface area contributed by atoms with Crippen LogP contribution in [0.5, 0.6) is 5.75 Å². The fourth-order valence-electron chi connectivity index (χ4n) is 4.32. The molecule has 160 valence electrons. The first-order chi connectivity index (χ1) is 14.1. The quantitative estimate of drug-likeness (QED) is 0.699. The predicted octanol–water partition coefficient (Wildman–Crippen LogP) is 2.73. The molecule has 0 radical (unpaired) electrons. The molecule has 0 aliphatic carbocycles. The van der Waals surface area contributed by atoms with E-state index in [9.17, 15) is 14.9 Å². The van der Waals surface area contributed by atoms with E-state index in [1.54, 1.807) is 27.0 Å². The molecule has 2 fully saturated rings. The number of pyridine rings is 1. The lowest BCUT2D eigenvalue weighted by Crippen LogP contribution is -2.53. The number of fused-ring (bicyclic) bond motifs is 4. The molecule has 8 nitrogen and oxygen atoms in total. The molecule has 0 spiro atoms. The maximum atomic E-state index is 15.7. The van der Waals surface area contributed by atoms with Gasteiger partial charge in [0.1, 0.15) is 29.1 Å². The molecule has 0 unspecified atom stereocenters. The summed E-state index contributed by atoms with van der Waals surface area (Å²) in [5.74, 6) is -0.144. The molecule has 3 aliphatic rings. The number of ether oxygens (including phenoxy) is 2. The molecule has 0 saturated carbocycles. The molecule has 1 aromatic rings. The van der Waals surface area contributed by atoms with Gasteiger partial charge in [-0.1, -0.05) is 0 Å². The lowest BCUT2D eigenvalue weighted by Gasteiger charge is -2.38. The summed E-state index contributed by atoms with van der Waals surface area (Å²) < 4.78 is 26.9. The average Bonchev–Trinajstić information content (AvgIpc) is 3.03. The van der Waals surface area contributed by atoms with E-state index in [1.165, 1.54) is 16.0 Å². The molecule has 0 N–H and O–H groups in total. The Kier molecular flexibility index (Phi) is 4.83. The molecule has 2 saturated heterocycles. The molecule has 1 aromatic heterocycles. The standard InChI is InChI=1S/C21H25FN4O4/c1-20(2,3)30-19(28)25-6-4-21(22,5-7-25)18(27)26-12-14-8-16(26)15-11-24-10-13(9-23)17(15)29-14/h10-11,14,16H,4-8,12H2,1-3H3/t14-,16-/m0/s1. The fourth-order valence-corrected chi connectivity index (χ4v) is 4.32. The number of nitrogens with zero attached hydrogens (tertiary/aromatic N) is 4. The minimum absolute atomic E-state index is 0.0802. The van der Waals surface area contributed by atoms with E-state index in [1.807, 2.05) is 0 Å². The molecule has 2 atom stereocenters. The van der Waals surface area contributed by atoms with Crippen LogP contribution in [0.25, 0.3) is 0 Å². The maximum Gasteiger partial charge on any atom is 0.410 e. The Morgan fingerprint density at radius 1 is 1.33 bits per heavy atom. The number of halogens is 1. The number of likely N-dealkylation sites (tertiary alicyclic amines) is 2. The zero-order valence-electron chi connectivity index (χ0n) is 17.4. The minimum Gasteiger partial charge on any atom is -0.487 e. The van der Waals surface area contributed by atoms with E-state index in [4.69, 9.17) is 9.47 Å². The highest BCUT2D eigenvalue weighted by atomic mass is 19.1. The number of nitriles is 1. The Morgan fingerprint density at radius 2 is 2.03 bits per heavy atom. The molecule has 0 aromatic carbocycles. The van der Waals surface area contributed by atoms with Crippen LogP contribution in [0.4, 0.5) is 9.18 Å². The Morgan fingerprint density at radius 3 is 2.67 bits per heavy atom. The third-order valence-electron chi connectivity index (χ3n) is 5.80. The highest BCUT2D eigenvalue weighted by Gasteiger charge is 2.51. The Balaban J connectivity index is 1.48. The van der Waals surface area contributed by atoms with E-state index in [0.717, 1.165) is 0 Å². The number of carbonyl (C=O) groups is 2. The van der Waals surface area contributed by atoms with E-state index in [0.29, 0.717) is 23.3 Å². The maximum absolute atomic E-state index is 15.7. The van der Waals surface area contributed by atoms with Crippen molar-refractivity contribution in [2.75, 3.05) is 19.6 Å². The van der Waals surface area contributed by atoms with Gasteiger partial charge in [0.25, 0.3) is 5.91 Å². The van der Waals surface area contributed by atoms with Gasteiger partial charge in [0.15, 0.2) is 5.67 Å². The Hall–Kier alpha value is -2.89. The number of amides is 2. The monoisotopic (exact) mass is 416 g/mol. The predicted molar refractivity (Wildman–Crippen MR) is 103 cm³/mol. The van der Waals surface area contributed by atoms with Crippen LogP contribution in [0.15, 0.2) is 12.4 Å². The van der Waals surface area contributed by atoms with Gasteiger partial charge < -0.3 is 19.3 Å². The van der Waals surface area contributed by atoms with Crippen molar-refractivity contribution in [3.05, 3.63) is 23.5 Å². The molecular weight excluding hydrogens is 391 g/mol. The van der Waals surface area contributed by atoms with Gasteiger partial charge in [-0.3, -0.25) is 9.78 Å². The van der Waals surface area contributed by atoms with Gasteiger partial charge in [0.2, 0.25) is 0 Å². The number of carbonyl (C=O) groups excluding carboxylic acids is 2. The zero-order valence-corrected chi connectivity index (χ0v) is 17.4. The van der Waals surface area contributed by atoms with Gasteiger partial charge in [0, 0.05) is 50.3 Å².